The van der Waals surface area contributed by atoms with Gasteiger partial charge in [0.1, 0.15) is 0 Å². The highest BCUT2D eigenvalue weighted by atomic mass is 16.6. The van der Waals surface area contributed by atoms with E-state index in [0.717, 1.165) is 37.3 Å². The lowest BCUT2D eigenvalue weighted by molar-refractivity contribution is -0.384. The molecule has 1 rings (SSSR count). The van der Waals surface area contributed by atoms with E-state index < -0.39 is 0 Å². The molecular formula is C15H26N4O2. The van der Waals surface area contributed by atoms with E-state index in [-0.39, 0.29) is 10.6 Å². The second-order valence-electron chi connectivity index (χ2n) is 5.48. The van der Waals surface area contributed by atoms with Gasteiger partial charge in [0.25, 0.3) is 5.69 Å². The minimum atomic E-state index is -0.371. The average molecular weight is 294 g/mol. The Balaban J connectivity index is 2.44. The fraction of sp³-hybridized carbons (Fsp3) is 0.600. The highest BCUT2D eigenvalue weighted by Gasteiger charge is 2.09. The first-order chi connectivity index (χ1) is 9.93. The maximum atomic E-state index is 10.9. The highest BCUT2D eigenvalue weighted by Crippen LogP contribution is 2.24. The molecule has 21 heavy (non-hydrogen) atoms. The minimum Gasteiger partial charge on any atom is -0.388 e. The van der Waals surface area contributed by atoms with Crippen LogP contribution in [0.15, 0.2) is 18.2 Å². The van der Waals surface area contributed by atoms with E-state index in [4.69, 9.17) is 0 Å². The summed E-state index contributed by atoms with van der Waals surface area (Å²) in [6.07, 6.45) is 2.14. The number of nitrogens with one attached hydrogen (secondary N) is 2. The van der Waals surface area contributed by atoms with Crippen molar-refractivity contribution in [1.82, 2.24) is 4.90 Å². The monoisotopic (exact) mass is 294 g/mol. The molecule has 1 aromatic rings. The summed E-state index contributed by atoms with van der Waals surface area (Å²) in [4.78, 5) is 12.8. The molecule has 0 saturated heterocycles. The van der Waals surface area contributed by atoms with Crippen molar-refractivity contribution in [3.8, 4) is 0 Å². The first-order valence-corrected chi connectivity index (χ1v) is 7.35. The van der Waals surface area contributed by atoms with E-state index in [1.165, 1.54) is 6.07 Å². The maximum absolute atomic E-state index is 10.9. The van der Waals surface area contributed by atoms with Crippen molar-refractivity contribution >= 4 is 17.1 Å². The van der Waals surface area contributed by atoms with Crippen molar-refractivity contribution in [2.75, 3.05) is 37.8 Å². The van der Waals surface area contributed by atoms with E-state index in [1.54, 1.807) is 13.1 Å². The summed E-state index contributed by atoms with van der Waals surface area (Å²) in [5.41, 5.74) is 1.63. The molecule has 6 nitrogen and oxygen atoms in total. The van der Waals surface area contributed by atoms with Gasteiger partial charge < -0.3 is 15.5 Å². The van der Waals surface area contributed by atoms with Gasteiger partial charge in [-0.3, -0.25) is 10.1 Å². The molecule has 0 aliphatic rings. The van der Waals surface area contributed by atoms with Crippen LogP contribution >= 0.6 is 0 Å². The normalized spacial score (nSPS) is 11.0. The minimum absolute atomic E-state index is 0.101. The summed E-state index contributed by atoms with van der Waals surface area (Å²) in [6, 6.07) is 5.55. The standard InChI is InChI=1S/C15H26N4O2/c1-12(2)18(4)8-6-5-7-17-14-9-13(16-3)10-15(11-14)19(20)21/h9-12,16-17H,5-8H2,1-4H3. The number of rotatable bonds is 9. The molecular weight excluding hydrogens is 268 g/mol. The molecule has 0 bridgehead atoms. The van der Waals surface area contributed by atoms with Gasteiger partial charge in [0.05, 0.1) is 4.92 Å². The number of hydrogen-bond donors (Lipinski definition) is 2. The van der Waals surface area contributed by atoms with E-state index in [1.807, 2.05) is 6.07 Å². The molecule has 2 N–H and O–H groups in total. The van der Waals surface area contributed by atoms with E-state index in [2.05, 4.69) is 36.4 Å². The van der Waals surface area contributed by atoms with Crippen molar-refractivity contribution in [2.45, 2.75) is 32.7 Å². The first-order valence-electron chi connectivity index (χ1n) is 7.35. The van der Waals surface area contributed by atoms with Crippen molar-refractivity contribution in [2.24, 2.45) is 0 Å². The summed E-state index contributed by atoms with van der Waals surface area (Å²) in [7, 11) is 3.88. The Kier molecular flexibility index (Phi) is 6.94. The second-order valence-corrected chi connectivity index (χ2v) is 5.48. The number of nitrogens with zero attached hydrogens (tertiary/aromatic N) is 2. The molecule has 0 atom stereocenters. The zero-order valence-electron chi connectivity index (χ0n) is 13.3. The third kappa shape index (κ3) is 5.99. The van der Waals surface area contributed by atoms with Crippen LogP contribution < -0.4 is 10.6 Å². The molecule has 0 radical (unpaired) electrons. The Bertz CT molecular complexity index is 463. The van der Waals surface area contributed by atoms with Crippen LogP contribution in [0.3, 0.4) is 0 Å². The highest BCUT2D eigenvalue weighted by molar-refractivity contribution is 5.63. The van der Waals surface area contributed by atoms with Gasteiger partial charge in [-0.25, -0.2) is 0 Å². The lowest BCUT2D eigenvalue weighted by atomic mass is 10.2. The van der Waals surface area contributed by atoms with Gasteiger partial charge >= 0.3 is 0 Å². The van der Waals surface area contributed by atoms with Gasteiger partial charge in [-0.05, 0) is 46.3 Å². The topological polar surface area (TPSA) is 70.4 Å². The molecule has 0 heterocycles. The number of nitro benzene ring substituents is 1. The molecule has 0 aromatic heterocycles. The second kappa shape index (κ2) is 8.46. The lowest BCUT2D eigenvalue weighted by Crippen LogP contribution is -2.27. The molecule has 0 aliphatic heterocycles. The molecule has 0 amide bonds. The van der Waals surface area contributed by atoms with Crippen LogP contribution in [-0.2, 0) is 0 Å². The van der Waals surface area contributed by atoms with Crippen LogP contribution in [0.5, 0.6) is 0 Å². The maximum Gasteiger partial charge on any atom is 0.273 e. The average Bonchev–Trinajstić information content (AvgIpc) is 2.46. The summed E-state index contributed by atoms with van der Waals surface area (Å²) in [5.74, 6) is 0. The van der Waals surface area contributed by atoms with Gasteiger partial charge in [0.15, 0.2) is 0 Å². The number of hydrogen-bond acceptors (Lipinski definition) is 5. The zero-order valence-corrected chi connectivity index (χ0v) is 13.3. The number of non-ortho nitro benzene ring substituents is 1. The fourth-order valence-corrected chi connectivity index (χ4v) is 1.94. The largest absolute Gasteiger partial charge is 0.388 e. The van der Waals surface area contributed by atoms with Gasteiger partial charge in [-0.15, -0.1) is 0 Å². The van der Waals surface area contributed by atoms with E-state index in [0.29, 0.717) is 6.04 Å². The third-order valence-corrected chi connectivity index (χ3v) is 3.57. The molecule has 0 spiro atoms. The van der Waals surface area contributed by atoms with Gasteiger partial charge in [0.2, 0.25) is 0 Å². The summed E-state index contributed by atoms with van der Waals surface area (Å²) < 4.78 is 0. The Morgan fingerprint density at radius 3 is 2.48 bits per heavy atom. The smallest absolute Gasteiger partial charge is 0.273 e. The number of nitro groups is 1. The Morgan fingerprint density at radius 1 is 1.24 bits per heavy atom. The Hall–Kier alpha value is -1.82. The molecule has 0 saturated carbocycles. The van der Waals surface area contributed by atoms with Crippen molar-refractivity contribution in [3.05, 3.63) is 28.3 Å². The SMILES string of the molecule is CNc1cc(NCCCCN(C)C(C)C)cc([N+](=O)[O-])c1. The van der Waals surface area contributed by atoms with E-state index >= 15 is 0 Å². The van der Waals surface area contributed by atoms with E-state index in [9.17, 15) is 10.1 Å². The van der Waals surface area contributed by atoms with Crippen LogP contribution in [-0.4, -0.2) is 43.0 Å². The number of unbranched alkanes of at least 4 members (excludes halogenated alkanes) is 1. The first kappa shape index (κ1) is 17.2. The van der Waals surface area contributed by atoms with Crippen molar-refractivity contribution in [1.29, 1.82) is 0 Å². The van der Waals surface area contributed by atoms with Crippen LogP contribution in [0.1, 0.15) is 26.7 Å². The molecule has 118 valence electrons. The number of benzene rings is 1. The van der Waals surface area contributed by atoms with Gasteiger partial charge in [-0.1, -0.05) is 0 Å². The van der Waals surface area contributed by atoms with Crippen molar-refractivity contribution < 1.29 is 4.92 Å². The van der Waals surface area contributed by atoms with Crippen LogP contribution in [0.4, 0.5) is 17.1 Å². The number of anilines is 2. The molecule has 0 unspecified atom stereocenters. The zero-order chi connectivity index (χ0) is 15.8. The molecule has 0 fully saturated rings. The van der Waals surface area contributed by atoms with Crippen LogP contribution in [0.25, 0.3) is 0 Å². The van der Waals surface area contributed by atoms with Gasteiger partial charge in [-0.2, -0.15) is 0 Å². The molecule has 0 aliphatic carbocycles. The van der Waals surface area contributed by atoms with Gasteiger partial charge in [0, 0.05) is 43.1 Å². The molecule has 1 aromatic carbocycles. The third-order valence-electron chi connectivity index (χ3n) is 3.57. The molecule has 6 heteroatoms. The quantitative estimate of drug-likeness (QED) is 0.416. The Labute approximate surface area is 126 Å². The van der Waals surface area contributed by atoms with Crippen LogP contribution in [0, 0.1) is 10.1 Å². The summed E-state index contributed by atoms with van der Waals surface area (Å²) >= 11 is 0. The summed E-state index contributed by atoms with van der Waals surface area (Å²) in [6.45, 7) is 6.24. The van der Waals surface area contributed by atoms with Crippen LogP contribution in [0.2, 0.25) is 0 Å². The Morgan fingerprint density at radius 2 is 1.90 bits per heavy atom. The lowest BCUT2D eigenvalue weighted by Gasteiger charge is -2.20. The fourth-order valence-electron chi connectivity index (χ4n) is 1.94. The predicted octanol–water partition coefficient (Wildman–Crippen LogP) is 3.17. The predicted molar refractivity (Wildman–Crippen MR) is 88.1 cm³/mol. The van der Waals surface area contributed by atoms with Crippen molar-refractivity contribution in [3.63, 3.8) is 0 Å². The summed E-state index contributed by atoms with van der Waals surface area (Å²) in [5, 5.41) is 17.1.